The number of nitrogens with zero attached hydrogens (tertiary/aromatic N) is 3. The van der Waals surface area contributed by atoms with Gasteiger partial charge in [-0.1, -0.05) is 6.07 Å². The lowest BCUT2D eigenvalue weighted by atomic mass is 10.1. The van der Waals surface area contributed by atoms with Crippen LogP contribution in [0.2, 0.25) is 0 Å². The van der Waals surface area contributed by atoms with Crippen LogP contribution < -0.4 is 0 Å². The van der Waals surface area contributed by atoms with Gasteiger partial charge in [-0.25, -0.2) is 18.2 Å². The summed E-state index contributed by atoms with van der Waals surface area (Å²) in [5.74, 6) is -3.75. The minimum absolute atomic E-state index is 0.141. The number of imidazole rings is 1. The van der Waals surface area contributed by atoms with Crippen LogP contribution in [0.1, 0.15) is 17.2 Å². The summed E-state index contributed by atoms with van der Waals surface area (Å²) < 4.78 is 47.8. The van der Waals surface area contributed by atoms with E-state index in [2.05, 4.69) is 4.98 Å². The van der Waals surface area contributed by atoms with Crippen LogP contribution in [0.4, 0.5) is 13.2 Å². The van der Waals surface area contributed by atoms with Crippen LogP contribution in [0.15, 0.2) is 36.7 Å². The highest BCUT2D eigenvalue weighted by Gasteiger charge is 2.23. The summed E-state index contributed by atoms with van der Waals surface area (Å²) in [5.41, 5.74) is 3.37. The lowest BCUT2D eigenvalue weighted by Gasteiger charge is -2.33. The highest BCUT2D eigenvalue weighted by atomic mass is 19.2. The van der Waals surface area contributed by atoms with Gasteiger partial charge in [0.2, 0.25) is 0 Å². The third-order valence-corrected chi connectivity index (χ3v) is 4.72. The third-order valence-electron chi connectivity index (χ3n) is 4.72. The van der Waals surface area contributed by atoms with Crippen LogP contribution in [-0.2, 0) is 18.3 Å². The van der Waals surface area contributed by atoms with E-state index in [0.29, 0.717) is 31.8 Å². The Morgan fingerprint density at radius 3 is 2.69 bits per heavy atom. The van der Waals surface area contributed by atoms with Gasteiger partial charge < -0.3 is 9.30 Å². The Morgan fingerprint density at radius 2 is 1.92 bits per heavy atom. The highest BCUT2D eigenvalue weighted by molar-refractivity contribution is 5.76. The van der Waals surface area contributed by atoms with E-state index in [0.717, 1.165) is 28.7 Å². The third kappa shape index (κ3) is 3.20. The van der Waals surface area contributed by atoms with Gasteiger partial charge in [-0.3, -0.25) is 4.90 Å². The van der Waals surface area contributed by atoms with Gasteiger partial charge in [-0.15, -0.1) is 0 Å². The average molecular weight is 361 g/mol. The highest BCUT2D eigenvalue weighted by Crippen LogP contribution is 2.26. The summed E-state index contributed by atoms with van der Waals surface area (Å²) in [7, 11) is 1.94. The predicted octanol–water partition coefficient (Wildman–Crippen LogP) is 3.56. The molecule has 26 heavy (non-hydrogen) atoms. The SMILES string of the molecule is Cn1cnc2ccc([C@H]3CN(Cc4cc(F)c(F)c(F)c4)CCO3)cc21. The molecule has 7 heteroatoms. The quantitative estimate of drug-likeness (QED) is 0.668. The van der Waals surface area contributed by atoms with Crippen molar-refractivity contribution in [3.8, 4) is 0 Å². The maximum absolute atomic E-state index is 13.4. The van der Waals surface area contributed by atoms with Crippen molar-refractivity contribution in [3.05, 3.63) is 65.2 Å². The van der Waals surface area contributed by atoms with Crippen LogP contribution in [0.25, 0.3) is 11.0 Å². The molecule has 0 spiro atoms. The van der Waals surface area contributed by atoms with Crippen molar-refractivity contribution in [3.63, 3.8) is 0 Å². The van der Waals surface area contributed by atoms with E-state index in [1.165, 1.54) is 0 Å². The molecule has 4 rings (SSSR count). The molecule has 0 aliphatic carbocycles. The number of halogens is 3. The Labute approximate surface area is 148 Å². The molecule has 2 aromatic carbocycles. The van der Waals surface area contributed by atoms with Crippen molar-refractivity contribution in [2.45, 2.75) is 12.6 Å². The normalized spacial score (nSPS) is 18.5. The fourth-order valence-corrected chi connectivity index (χ4v) is 3.35. The minimum Gasteiger partial charge on any atom is -0.371 e. The molecule has 1 atom stereocenters. The first-order chi connectivity index (χ1) is 12.5. The first-order valence-corrected chi connectivity index (χ1v) is 8.39. The second kappa shape index (κ2) is 6.74. The molecule has 1 aliphatic rings. The van der Waals surface area contributed by atoms with Crippen LogP contribution in [0.3, 0.4) is 0 Å². The fourth-order valence-electron chi connectivity index (χ4n) is 3.35. The molecule has 0 N–H and O–H groups in total. The van der Waals surface area contributed by atoms with Gasteiger partial charge >= 0.3 is 0 Å². The molecule has 2 heterocycles. The number of benzene rings is 2. The molecule has 0 amide bonds. The Kier molecular flexibility index (Phi) is 4.42. The van der Waals surface area contributed by atoms with E-state index in [4.69, 9.17) is 4.74 Å². The molecule has 136 valence electrons. The van der Waals surface area contributed by atoms with Crippen molar-refractivity contribution in [1.82, 2.24) is 14.5 Å². The van der Waals surface area contributed by atoms with Gasteiger partial charge in [0.1, 0.15) is 0 Å². The standard InChI is InChI=1S/C19H18F3N3O/c1-24-11-23-16-3-2-13(8-17(16)24)18-10-25(4-5-26-18)9-12-6-14(20)19(22)15(21)7-12/h2-3,6-8,11,18H,4-5,9-10H2,1H3/t18-/m1/s1. The summed E-state index contributed by atoms with van der Waals surface area (Å²) >= 11 is 0. The van der Waals surface area contributed by atoms with Crippen LogP contribution in [-0.4, -0.2) is 34.1 Å². The van der Waals surface area contributed by atoms with E-state index >= 15 is 0 Å². The van der Waals surface area contributed by atoms with Gasteiger partial charge in [0.25, 0.3) is 0 Å². The number of aromatic nitrogens is 2. The first-order valence-electron chi connectivity index (χ1n) is 8.39. The fraction of sp³-hybridized carbons (Fsp3) is 0.316. The monoisotopic (exact) mass is 361 g/mol. The molecule has 0 unspecified atom stereocenters. The van der Waals surface area contributed by atoms with Gasteiger partial charge in [0.05, 0.1) is 30.1 Å². The largest absolute Gasteiger partial charge is 0.371 e. The average Bonchev–Trinajstić information content (AvgIpc) is 3.00. The second-order valence-electron chi connectivity index (χ2n) is 6.57. The van der Waals surface area contributed by atoms with E-state index in [1.807, 2.05) is 34.7 Å². The van der Waals surface area contributed by atoms with Crippen molar-refractivity contribution >= 4 is 11.0 Å². The zero-order chi connectivity index (χ0) is 18.3. The summed E-state index contributed by atoms with van der Waals surface area (Å²) in [4.78, 5) is 6.36. The zero-order valence-corrected chi connectivity index (χ0v) is 14.3. The molecule has 0 radical (unpaired) electrons. The lowest BCUT2D eigenvalue weighted by molar-refractivity contribution is -0.0329. The Bertz CT molecular complexity index is 933. The zero-order valence-electron chi connectivity index (χ0n) is 14.3. The van der Waals surface area contributed by atoms with E-state index < -0.39 is 17.5 Å². The Balaban J connectivity index is 1.52. The van der Waals surface area contributed by atoms with Crippen LogP contribution in [0, 0.1) is 17.5 Å². The van der Waals surface area contributed by atoms with E-state index in [9.17, 15) is 13.2 Å². The minimum atomic E-state index is -1.43. The van der Waals surface area contributed by atoms with Crippen molar-refractivity contribution in [2.24, 2.45) is 7.05 Å². The molecule has 1 aromatic heterocycles. The molecule has 3 aromatic rings. The molecule has 0 saturated carbocycles. The second-order valence-corrected chi connectivity index (χ2v) is 6.57. The molecule has 0 bridgehead atoms. The number of ether oxygens (including phenoxy) is 1. The molecule has 1 saturated heterocycles. The van der Waals surface area contributed by atoms with Crippen LogP contribution >= 0.6 is 0 Å². The molecule has 1 aliphatic heterocycles. The molecular formula is C19H18F3N3O. The maximum Gasteiger partial charge on any atom is 0.194 e. The van der Waals surface area contributed by atoms with Crippen molar-refractivity contribution in [2.75, 3.05) is 19.7 Å². The van der Waals surface area contributed by atoms with Crippen molar-refractivity contribution < 1.29 is 17.9 Å². The molecular weight excluding hydrogens is 343 g/mol. The number of hydrogen-bond donors (Lipinski definition) is 0. The van der Waals surface area contributed by atoms with Gasteiger partial charge in [-0.2, -0.15) is 0 Å². The molecule has 4 nitrogen and oxygen atoms in total. The first kappa shape index (κ1) is 17.1. The van der Waals surface area contributed by atoms with Gasteiger partial charge in [-0.05, 0) is 35.4 Å². The van der Waals surface area contributed by atoms with E-state index in [1.54, 1.807) is 6.33 Å². The van der Waals surface area contributed by atoms with E-state index in [-0.39, 0.29) is 6.10 Å². The summed E-state index contributed by atoms with van der Waals surface area (Å²) in [6.45, 7) is 2.08. The summed E-state index contributed by atoms with van der Waals surface area (Å²) in [6, 6.07) is 8.08. The van der Waals surface area contributed by atoms with Gasteiger partial charge in [0.15, 0.2) is 17.5 Å². The predicted molar refractivity (Wildman–Crippen MR) is 91.0 cm³/mol. The number of fused-ring (bicyclic) bond motifs is 1. The Morgan fingerprint density at radius 1 is 1.15 bits per heavy atom. The number of rotatable bonds is 3. The van der Waals surface area contributed by atoms with Crippen LogP contribution in [0.5, 0.6) is 0 Å². The number of hydrogen-bond acceptors (Lipinski definition) is 3. The summed E-state index contributed by atoms with van der Waals surface area (Å²) in [5, 5.41) is 0. The summed E-state index contributed by atoms with van der Waals surface area (Å²) in [6.07, 6.45) is 1.62. The van der Waals surface area contributed by atoms with Crippen molar-refractivity contribution in [1.29, 1.82) is 0 Å². The Hall–Kier alpha value is -2.38. The number of aryl methyl sites for hydroxylation is 1. The number of morpholine rings is 1. The topological polar surface area (TPSA) is 30.3 Å². The maximum atomic E-state index is 13.4. The molecule has 1 fully saturated rings. The van der Waals surface area contributed by atoms with Gasteiger partial charge in [0, 0.05) is 26.7 Å². The lowest BCUT2D eigenvalue weighted by Crippen LogP contribution is -2.37. The smallest absolute Gasteiger partial charge is 0.194 e.